The Morgan fingerprint density at radius 3 is 2.94 bits per heavy atom. The lowest BCUT2D eigenvalue weighted by molar-refractivity contribution is -0.131. The second-order valence-corrected chi connectivity index (χ2v) is 4.81. The van der Waals surface area contributed by atoms with Gasteiger partial charge >= 0.3 is 0 Å². The second-order valence-electron chi connectivity index (χ2n) is 4.81. The van der Waals surface area contributed by atoms with E-state index in [0.29, 0.717) is 6.61 Å². The zero-order valence-corrected chi connectivity index (χ0v) is 12.4. The summed E-state index contributed by atoms with van der Waals surface area (Å²) in [6.07, 6.45) is 4.11. The molecule has 4 nitrogen and oxygen atoms in total. The number of unbranched alkanes of at least 4 members (excludes halogenated alkanes) is 1. The average Bonchev–Trinajstić information content (AvgIpc) is 2.82. The maximum Gasteiger partial charge on any atom is 0.248 e. The number of halogens is 1. The Morgan fingerprint density at radius 2 is 2.33 bits per heavy atom. The summed E-state index contributed by atoms with van der Waals surface area (Å²) >= 11 is 0. The van der Waals surface area contributed by atoms with Crippen LogP contribution in [0.15, 0.2) is 0 Å². The molecular formula is C13H27ClN2O2. The fraction of sp³-hybridized carbons (Fsp3) is 0.923. The molecule has 0 saturated carbocycles. The van der Waals surface area contributed by atoms with Gasteiger partial charge in [-0.2, -0.15) is 0 Å². The van der Waals surface area contributed by atoms with Crippen molar-refractivity contribution < 1.29 is 9.53 Å². The molecule has 0 radical (unpaired) electrons. The number of carbonyl (C=O) groups is 1. The molecule has 1 rings (SSSR count). The van der Waals surface area contributed by atoms with Crippen LogP contribution >= 0.6 is 12.4 Å². The molecule has 1 aliphatic rings. The summed E-state index contributed by atoms with van der Waals surface area (Å²) in [7, 11) is 0. The topological polar surface area (TPSA) is 50.4 Å². The number of rotatable bonds is 8. The van der Waals surface area contributed by atoms with Gasteiger partial charge in [-0.05, 0) is 45.2 Å². The molecule has 2 unspecified atom stereocenters. The van der Waals surface area contributed by atoms with E-state index in [4.69, 9.17) is 4.74 Å². The van der Waals surface area contributed by atoms with E-state index >= 15 is 0 Å². The summed E-state index contributed by atoms with van der Waals surface area (Å²) in [6, 6.07) is 0. The Kier molecular flexibility index (Phi) is 10.4. The quantitative estimate of drug-likeness (QED) is 0.665. The van der Waals surface area contributed by atoms with Crippen LogP contribution in [0.25, 0.3) is 0 Å². The van der Waals surface area contributed by atoms with Crippen LogP contribution < -0.4 is 10.6 Å². The smallest absolute Gasteiger partial charge is 0.248 e. The molecule has 2 atom stereocenters. The Morgan fingerprint density at radius 1 is 1.56 bits per heavy atom. The first-order valence-electron chi connectivity index (χ1n) is 6.84. The molecule has 0 aromatic carbocycles. The largest absolute Gasteiger partial charge is 0.369 e. The fourth-order valence-electron chi connectivity index (χ4n) is 1.98. The van der Waals surface area contributed by atoms with Crippen LogP contribution in [0, 0.1) is 5.92 Å². The summed E-state index contributed by atoms with van der Waals surface area (Å²) in [5.74, 6) is 0.749. The van der Waals surface area contributed by atoms with Crippen molar-refractivity contribution in [3.05, 3.63) is 0 Å². The van der Waals surface area contributed by atoms with Crippen molar-refractivity contribution in [2.45, 2.75) is 45.6 Å². The van der Waals surface area contributed by atoms with Gasteiger partial charge in [-0.25, -0.2) is 0 Å². The maximum absolute atomic E-state index is 11.7. The van der Waals surface area contributed by atoms with Crippen LogP contribution in [0.2, 0.25) is 0 Å². The zero-order chi connectivity index (χ0) is 12.5. The Balaban J connectivity index is 0.00000289. The van der Waals surface area contributed by atoms with Crippen LogP contribution in [-0.2, 0) is 9.53 Å². The standard InChI is InChI=1S/C13H26N2O2.ClH/c1-3-4-9-17-11(2)13(16)15-8-6-12-5-7-14-10-12;/h11-12,14H,3-10H2,1-2H3,(H,15,16);1H. The van der Waals surface area contributed by atoms with E-state index in [1.54, 1.807) is 0 Å². The summed E-state index contributed by atoms with van der Waals surface area (Å²) in [5.41, 5.74) is 0. The molecule has 0 aromatic rings. The van der Waals surface area contributed by atoms with E-state index in [2.05, 4.69) is 17.6 Å². The lowest BCUT2D eigenvalue weighted by Gasteiger charge is -2.14. The van der Waals surface area contributed by atoms with Crippen molar-refractivity contribution >= 4 is 18.3 Å². The molecule has 5 heteroatoms. The van der Waals surface area contributed by atoms with Gasteiger partial charge in [0.1, 0.15) is 6.10 Å². The van der Waals surface area contributed by atoms with Gasteiger partial charge in [-0.15, -0.1) is 12.4 Å². The first-order chi connectivity index (χ1) is 8.24. The monoisotopic (exact) mass is 278 g/mol. The predicted octanol–water partition coefficient (Wildman–Crippen LogP) is 1.73. The summed E-state index contributed by atoms with van der Waals surface area (Å²) in [5, 5.41) is 6.27. The van der Waals surface area contributed by atoms with E-state index in [-0.39, 0.29) is 24.4 Å². The molecule has 1 aliphatic heterocycles. The number of carbonyl (C=O) groups excluding carboxylic acids is 1. The number of amides is 1. The van der Waals surface area contributed by atoms with E-state index < -0.39 is 0 Å². The van der Waals surface area contributed by atoms with Crippen LogP contribution in [0.5, 0.6) is 0 Å². The number of ether oxygens (including phenoxy) is 1. The number of hydrogen-bond acceptors (Lipinski definition) is 3. The van der Waals surface area contributed by atoms with Gasteiger partial charge in [0.15, 0.2) is 0 Å². The Labute approximate surface area is 117 Å². The predicted molar refractivity (Wildman–Crippen MR) is 76.2 cm³/mol. The van der Waals surface area contributed by atoms with Gasteiger partial charge < -0.3 is 15.4 Å². The highest BCUT2D eigenvalue weighted by Gasteiger charge is 2.16. The van der Waals surface area contributed by atoms with Gasteiger partial charge in [0.05, 0.1) is 0 Å². The molecular weight excluding hydrogens is 252 g/mol. The van der Waals surface area contributed by atoms with Gasteiger partial charge in [0.2, 0.25) is 5.91 Å². The zero-order valence-electron chi connectivity index (χ0n) is 11.5. The third-order valence-corrected chi connectivity index (χ3v) is 3.25. The van der Waals surface area contributed by atoms with E-state index in [1.165, 1.54) is 6.42 Å². The fourth-order valence-corrected chi connectivity index (χ4v) is 1.98. The normalized spacial score (nSPS) is 20.2. The minimum atomic E-state index is -0.316. The minimum absolute atomic E-state index is 0. The highest BCUT2D eigenvalue weighted by atomic mass is 35.5. The lowest BCUT2D eigenvalue weighted by atomic mass is 10.1. The molecule has 0 aliphatic carbocycles. The summed E-state index contributed by atoms with van der Waals surface area (Å²) in [6.45, 7) is 7.60. The Bertz CT molecular complexity index is 221. The molecule has 108 valence electrons. The Hall–Kier alpha value is -0.320. The van der Waals surface area contributed by atoms with Crippen molar-refractivity contribution in [1.82, 2.24) is 10.6 Å². The van der Waals surface area contributed by atoms with E-state index in [9.17, 15) is 4.79 Å². The average molecular weight is 279 g/mol. The van der Waals surface area contributed by atoms with Crippen molar-refractivity contribution in [1.29, 1.82) is 0 Å². The van der Waals surface area contributed by atoms with Crippen LogP contribution in [0.3, 0.4) is 0 Å². The van der Waals surface area contributed by atoms with Crippen LogP contribution in [0.4, 0.5) is 0 Å². The van der Waals surface area contributed by atoms with Gasteiger partial charge in [0.25, 0.3) is 0 Å². The second kappa shape index (κ2) is 10.6. The molecule has 18 heavy (non-hydrogen) atoms. The summed E-state index contributed by atoms with van der Waals surface area (Å²) in [4.78, 5) is 11.7. The van der Waals surface area contributed by atoms with Crippen molar-refractivity contribution in [2.24, 2.45) is 5.92 Å². The van der Waals surface area contributed by atoms with Gasteiger partial charge in [-0.1, -0.05) is 13.3 Å². The SMILES string of the molecule is CCCCOC(C)C(=O)NCCC1CCNC1.Cl. The highest BCUT2D eigenvalue weighted by Crippen LogP contribution is 2.10. The molecule has 1 fully saturated rings. The number of nitrogens with one attached hydrogen (secondary N) is 2. The van der Waals surface area contributed by atoms with Gasteiger partial charge in [0, 0.05) is 13.2 Å². The molecule has 1 heterocycles. The molecule has 1 saturated heterocycles. The highest BCUT2D eigenvalue weighted by molar-refractivity contribution is 5.85. The minimum Gasteiger partial charge on any atom is -0.369 e. The lowest BCUT2D eigenvalue weighted by Crippen LogP contribution is -2.36. The molecule has 2 N–H and O–H groups in total. The maximum atomic E-state index is 11.7. The van der Waals surface area contributed by atoms with E-state index in [1.807, 2.05) is 6.92 Å². The third kappa shape index (κ3) is 7.19. The third-order valence-electron chi connectivity index (χ3n) is 3.25. The van der Waals surface area contributed by atoms with Crippen molar-refractivity contribution in [2.75, 3.05) is 26.2 Å². The molecule has 1 amide bonds. The van der Waals surface area contributed by atoms with Crippen molar-refractivity contribution in [3.8, 4) is 0 Å². The van der Waals surface area contributed by atoms with Crippen LogP contribution in [-0.4, -0.2) is 38.3 Å². The molecule has 0 spiro atoms. The number of hydrogen-bond donors (Lipinski definition) is 2. The first-order valence-corrected chi connectivity index (χ1v) is 6.84. The molecule has 0 aromatic heterocycles. The summed E-state index contributed by atoms with van der Waals surface area (Å²) < 4.78 is 5.44. The van der Waals surface area contributed by atoms with Gasteiger partial charge in [-0.3, -0.25) is 4.79 Å². The molecule has 0 bridgehead atoms. The van der Waals surface area contributed by atoms with Crippen LogP contribution in [0.1, 0.15) is 39.5 Å². The van der Waals surface area contributed by atoms with Crippen molar-refractivity contribution in [3.63, 3.8) is 0 Å². The van der Waals surface area contributed by atoms with E-state index in [0.717, 1.165) is 44.8 Å². The first kappa shape index (κ1) is 17.7.